The lowest BCUT2D eigenvalue weighted by atomic mass is 9.99. The van der Waals surface area contributed by atoms with Gasteiger partial charge in [-0.15, -0.1) is 0 Å². The molecule has 0 bridgehead atoms. The maximum Gasteiger partial charge on any atom is 0.0482 e. The van der Waals surface area contributed by atoms with Crippen LogP contribution in [0.25, 0.3) is 0 Å². The van der Waals surface area contributed by atoms with Crippen LogP contribution >= 0.6 is 11.6 Å². The molecule has 0 heterocycles. The summed E-state index contributed by atoms with van der Waals surface area (Å²) in [5, 5.41) is 0.847. The van der Waals surface area contributed by atoms with Crippen molar-refractivity contribution in [1.29, 1.82) is 0 Å². The Labute approximate surface area is 129 Å². The number of benzene rings is 1. The molecular formula is C18H30ClN. The minimum atomic E-state index is 0.0856. The van der Waals surface area contributed by atoms with Gasteiger partial charge in [-0.25, -0.2) is 0 Å². The number of rotatable bonds is 10. The highest BCUT2D eigenvalue weighted by Gasteiger charge is 2.10. The quantitative estimate of drug-likeness (QED) is 0.512. The lowest BCUT2D eigenvalue weighted by molar-refractivity contribution is 0.536. The predicted molar refractivity (Wildman–Crippen MR) is 90.3 cm³/mol. The van der Waals surface area contributed by atoms with E-state index in [0.717, 1.165) is 22.6 Å². The Hall–Kier alpha value is -0.530. The lowest BCUT2D eigenvalue weighted by Crippen LogP contribution is -2.11. The van der Waals surface area contributed by atoms with Gasteiger partial charge in [0.1, 0.15) is 0 Å². The maximum atomic E-state index is 6.32. The third-order valence-corrected chi connectivity index (χ3v) is 4.51. The van der Waals surface area contributed by atoms with E-state index in [1.807, 2.05) is 19.1 Å². The average Bonchev–Trinajstić information content (AvgIpc) is 2.44. The molecule has 0 aliphatic heterocycles. The van der Waals surface area contributed by atoms with E-state index >= 15 is 0 Å². The van der Waals surface area contributed by atoms with E-state index in [-0.39, 0.29) is 6.04 Å². The summed E-state index contributed by atoms with van der Waals surface area (Å²) in [6, 6.07) is 6.23. The molecule has 1 atom stereocenters. The highest BCUT2D eigenvalue weighted by atomic mass is 35.5. The van der Waals surface area contributed by atoms with Crippen molar-refractivity contribution in [2.45, 2.75) is 77.7 Å². The first-order valence-corrected chi connectivity index (χ1v) is 8.55. The van der Waals surface area contributed by atoms with Crippen molar-refractivity contribution in [3.05, 3.63) is 34.3 Å². The molecular weight excluding hydrogens is 266 g/mol. The fraction of sp³-hybridized carbons (Fsp3) is 0.667. The van der Waals surface area contributed by atoms with Gasteiger partial charge in [-0.3, -0.25) is 0 Å². The van der Waals surface area contributed by atoms with Gasteiger partial charge in [-0.1, -0.05) is 88.1 Å². The SMILES string of the molecule is CCCCCCCCCCC(N)c1cccc(C)c1Cl. The van der Waals surface area contributed by atoms with Crippen LogP contribution in [-0.4, -0.2) is 0 Å². The monoisotopic (exact) mass is 295 g/mol. The van der Waals surface area contributed by atoms with E-state index in [0.29, 0.717) is 0 Å². The zero-order chi connectivity index (χ0) is 14.8. The van der Waals surface area contributed by atoms with Gasteiger partial charge in [0.15, 0.2) is 0 Å². The molecule has 1 unspecified atom stereocenters. The third-order valence-electron chi connectivity index (χ3n) is 3.99. The predicted octanol–water partition coefficient (Wildman–Crippen LogP) is 6.18. The number of aryl methyl sites for hydroxylation is 1. The van der Waals surface area contributed by atoms with E-state index in [4.69, 9.17) is 17.3 Å². The van der Waals surface area contributed by atoms with Crippen molar-refractivity contribution in [3.63, 3.8) is 0 Å². The molecule has 2 N–H and O–H groups in total. The van der Waals surface area contributed by atoms with E-state index < -0.39 is 0 Å². The number of halogens is 1. The average molecular weight is 296 g/mol. The topological polar surface area (TPSA) is 26.0 Å². The minimum Gasteiger partial charge on any atom is -0.324 e. The van der Waals surface area contributed by atoms with Gasteiger partial charge < -0.3 is 5.73 Å². The van der Waals surface area contributed by atoms with Crippen LogP contribution in [-0.2, 0) is 0 Å². The molecule has 0 aliphatic rings. The highest BCUT2D eigenvalue weighted by Crippen LogP contribution is 2.27. The summed E-state index contributed by atoms with van der Waals surface area (Å²) in [5.74, 6) is 0. The van der Waals surface area contributed by atoms with Crippen LogP contribution in [0.1, 0.15) is 81.9 Å². The standard InChI is InChI=1S/C18H30ClN/c1-3-4-5-6-7-8-9-10-14-17(20)16-13-11-12-15(2)18(16)19/h11-13,17H,3-10,14,20H2,1-2H3. The van der Waals surface area contributed by atoms with Crippen LogP contribution in [0.15, 0.2) is 18.2 Å². The summed E-state index contributed by atoms with van der Waals surface area (Å²) in [5.41, 5.74) is 8.49. The summed E-state index contributed by atoms with van der Waals surface area (Å²) in [7, 11) is 0. The molecule has 1 nitrogen and oxygen atoms in total. The minimum absolute atomic E-state index is 0.0856. The van der Waals surface area contributed by atoms with Crippen molar-refractivity contribution in [2.75, 3.05) is 0 Å². The molecule has 0 amide bonds. The highest BCUT2D eigenvalue weighted by molar-refractivity contribution is 6.32. The smallest absolute Gasteiger partial charge is 0.0482 e. The fourth-order valence-corrected chi connectivity index (χ4v) is 2.88. The Bertz CT molecular complexity index is 376. The molecule has 0 aliphatic carbocycles. The first kappa shape index (κ1) is 17.5. The van der Waals surface area contributed by atoms with Crippen LogP contribution in [0.2, 0.25) is 5.02 Å². The Morgan fingerprint density at radius 1 is 1.00 bits per heavy atom. The molecule has 0 saturated carbocycles. The number of unbranched alkanes of at least 4 members (excludes halogenated alkanes) is 7. The first-order valence-electron chi connectivity index (χ1n) is 8.17. The second-order valence-corrected chi connectivity index (χ2v) is 6.23. The van der Waals surface area contributed by atoms with Crippen LogP contribution in [0.5, 0.6) is 0 Å². The van der Waals surface area contributed by atoms with E-state index in [1.54, 1.807) is 0 Å². The van der Waals surface area contributed by atoms with Gasteiger partial charge in [0.05, 0.1) is 0 Å². The summed E-state index contributed by atoms with van der Waals surface area (Å²) < 4.78 is 0. The second kappa shape index (κ2) is 10.2. The molecule has 0 radical (unpaired) electrons. The second-order valence-electron chi connectivity index (χ2n) is 5.85. The molecule has 0 saturated heterocycles. The first-order chi connectivity index (χ1) is 9.66. The van der Waals surface area contributed by atoms with Gasteiger partial charge in [0.25, 0.3) is 0 Å². The van der Waals surface area contributed by atoms with Crippen LogP contribution < -0.4 is 5.73 Å². The van der Waals surface area contributed by atoms with Gasteiger partial charge in [0, 0.05) is 11.1 Å². The summed E-state index contributed by atoms with van der Waals surface area (Å²) in [6.45, 7) is 4.30. The Morgan fingerprint density at radius 2 is 1.60 bits per heavy atom. The molecule has 114 valence electrons. The molecule has 0 fully saturated rings. The molecule has 1 aromatic rings. The van der Waals surface area contributed by atoms with E-state index in [9.17, 15) is 0 Å². The molecule has 2 heteroatoms. The Morgan fingerprint density at radius 3 is 2.25 bits per heavy atom. The fourth-order valence-electron chi connectivity index (χ4n) is 2.61. The van der Waals surface area contributed by atoms with Crippen LogP contribution in [0.4, 0.5) is 0 Å². The van der Waals surface area contributed by atoms with Crippen LogP contribution in [0, 0.1) is 6.92 Å². The molecule has 20 heavy (non-hydrogen) atoms. The number of nitrogens with two attached hydrogens (primary N) is 1. The van der Waals surface area contributed by atoms with Gasteiger partial charge in [-0.05, 0) is 24.5 Å². The van der Waals surface area contributed by atoms with Gasteiger partial charge in [0.2, 0.25) is 0 Å². The largest absolute Gasteiger partial charge is 0.324 e. The summed E-state index contributed by atoms with van der Waals surface area (Å²) in [4.78, 5) is 0. The lowest BCUT2D eigenvalue weighted by Gasteiger charge is -2.14. The van der Waals surface area contributed by atoms with Crippen molar-refractivity contribution in [2.24, 2.45) is 5.73 Å². The van der Waals surface area contributed by atoms with E-state index in [1.165, 1.54) is 51.4 Å². The normalized spacial score (nSPS) is 12.6. The maximum absolute atomic E-state index is 6.32. The van der Waals surface area contributed by atoms with Crippen molar-refractivity contribution in [1.82, 2.24) is 0 Å². The molecule has 0 spiro atoms. The van der Waals surface area contributed by atoms with Crippen molar-refractivity contribution < 1.29 is 0 Å². The van der Waals surface area contributed by atoms with Gasteiger partial charge in [-0.2, -0.15) is 0 Å². The zero-order valence-electron chi connectivity index (χ0n) is 13.1. The van der Waals surface area contributed by atoms with Gasteiger partial charge >= 0.3 is 0 Å². The number of hydrogen-bond acceptors (Lipinski definition) is 1. The van der Waals surface area contributed by atoms with E-state index in [2.05, 4.69) is 13.0 Å². The van der Waals surface area contributed by atoms with Crippen molar-refractivity contribution >= 4 is 11.6 Å². The summed E-state index contributed by atoms with van der Waals surface area (Å²) in [6.07, 6.45) is 11.8. The van der Waals surface area contributed by atoms with Crippen LogP contribution in [0.3, 0.4) is 0 Å². The number of hydrogen-bond donors (Lipinski definition) is 1. The zero-order valence-corrected chi connectivity index (χ0v) is 13.9. The Kier molecular flexibility index (Phi) is 8.97. The summed E-state index contributed by atoms with van der Waals surface area (Å²) >= 11 is 6.32. The molecule has 0 aromatic heterocycles. The molecule has 1 rings (SSSR count). The Balaban J connectivity index is 2.17. The third kappa shape index (κ3) is 6.28. The van der Waals surface area contributed by atoms with Crippen molar-refractivity contribution in [3.8, 4) is 0 Å². The molecule has 1 aromatic carbocycles.